The van der Waals surface area contributed by atoms with Crippen LogP contribution in [0.2, 0.25) is 0 Å². The first-order chi connectivity index (χ1) is 28.7. The summed E-state index contributed by atoms with van der Waals surface area (Å²) in [6.07, 6.45) is 4.18. The van der Waals surface area contributed by atoms with Gasteiger partial charge in [0, 0.05) is 56.0 Å². The molecule has 0 bridgehead atoms. The molecule has 10 aromatic rings. The predicted octanol–water partition coefficient (Wildman–Crippen LogP) is 13.2. The Balaban J connectivity index is 0.00000433. The van der Waals surface area contributed by atoms with Crippen LogP contribution in [0.25, 0.3) is 66.6 Å². The topological polar surface area (TPSA) is 27.7 Å². The van der Waals surface area contributed by atoms with Gasteiger partial charge >= 0.3 is 0 Å². The largest absolute Gasteiger partial charge is 0.319 e. The molecule has 0 N–H and O–H groups in total. The van der Waals surface area contributed by atoms with Gasteiger partial charge in [-0.3, -0.25) is 0 Å². The normalized spacial score (nSPS) is 13.1. The summed E-state index contributed by atoms with van der Waals surface area (Å²) in [5, 5.41) is 2.31. The molecule has 0 saturated carbocycles. The Morgan fingerprint density at radius 1 is 0.583 bits per heavy atom. The molecular formula is C55H43N4Pt-. The monoisotopic (exact) mass is 954 g/mol. The van der Waals surface area contributed by atoms with Crippen molar-refractivity contribution in [1.82, 2.24) is 18.7 Å². The van der Waals surface area contributed by atoms with Gasteiger partial charge in [0.2, 0.25) is 0 Å². The molecular weight excluding hydrogens is 912 g/mol. The van der Waals surface area contributed by atoms with E-state index in [-0.39, 0.29) is 26.6 Å². The van der Waals surface area contributed by atoms with Crippen molar-refractivity contribution in [2.45, 2.75) is 45.6 Å². The number of fused-ring (bicyclic) bond motifs is 7. The van der Waals surface area contributed by atoms with E-state index < -0.39 is 5.41 Å². The molecule has 0 spiro atoms. The Hall–Kier alpha value is -6.35. The molecule has 0 fully saturated rings. The smallest absolute Gasteiger partial charge is 0.188 e. The molecule has 294 valence electrons. The molecule has 0 saturated heterocycles. The average molecular weight is 955 g/mol. The number of aromatic nitrogens is 4. The van der Waals surface area contributed by atoms with Crippen LogP contribution in [-0.2, 0) is 32.0 Å². The van der Waals surface area contributed by atoms with E-state index >= 15 is 0 Å². The zero-order valence-corrected chi connectivity index (χ0v) is 36.5. The van der Waals surface area contributed by atoms with Gasteiger partial charge in [-0.1, -0.05) is 96.5 Å². The predicted molar refractivity (Wildman–Crippen MR) is 243 cm³/mol. The van der Waals surface area contributed by atoms with Crippen LogP contribution in [0.5, 0.6) is 0 Å². The molecule has 4 nitrogen and oxygen atoms in total. The molecule has 0 radical (unpaired) electrons. The van der Waals surface area contributed by atoms with Crippen molar-refractivity contribution in [3.63, 3.8) is 0 Å². The summed E-state index contributed by atoms with van der Waals surface area (Å²) in [6, 6.07) is 65.4. The Labute approximate surface area is 365 Å². The second kappa shape index (κ2) is 14.1. The minimum Gasteiger partial charge on any atom is -0.319 e. The van der Waals surface area contributed by atoms with E-state index in [4.69, 9.17) is 4.98 Å². The van der Waals surface area contributed by atoms with Crippen molar-refractivity contribution in [3.05, 3.63) is 216 Å². The van der Waals surface area contributed by atoms with Crippen LogP contribution < -0.4 is 0 Å². The summed E-state index contributed by atoms with van der Waals surface area (Å²) in [7, 11) is 0. The molecule has 0 amide bonds. The summed E-state index contributed by atoms with van der Waals surface area (Å²) >= 11 is 0. The number of benzene rings is 7. The van der Waals surface area contributed by atoms with Gasteiger partial charge in [-0.25, -0.2) is 14.1 Å². The first-order valence-corrected chi connectivity index (χ1v) is 20.5. The number of rotatable bonds is 5. The van der Waals surface area contributed by atoms with Crippen LogP contribution in [-0.4, -0.2) is 18.7 Å². The minimum atomic E-state index is -0.713. The van der Waals surface area contributed by atoms with Gasteiger partial charge in [-0.2, -0.15) is 30.3 Å². The summed E-state index contributed by atoms with van der Waals surface area (Å²) in [5.41, 5.74) is 16.5. The maximum atomic E-state index is 5.06. The summed E-state index contributed by atoms with van der Waals surface area (Å²) in [6.45, 7) is 11.1. The van der Waals surface area contributed by atoms with Gasteiger partial charge in [-0.15, -0.1) is 22.6 Å². The zero-order valence-electron chi connectivity index (χ0n) is 34.3. The Kier molecular flexibility index (Phi) is 8.93. The molecule has 1 aliphatic rings. The third-order valence-corrected chi connectivity index (χ3v) is 12.5. The third kappa shape index (κ3) is 5.54. The van der Waals surface area contributed by atoms with E-state index in [9.17, 15) is 0 Å². The molecule has 5 heteroatoms. The van der Waals surface area contributed by atoms with Crippen molar-refractivity contribution < 1.29 is 21.1 Å². The number of hydrogen-bond acceptors (Lipinski definition) is 1. The van der Waals surface area contributed by atoms with E-state index in [1.165, 1.54) is 49.8 Å². The average Bonchev–Trinajstić information content (AvgIpc) is 3.91. The number of aryl methyl sites for hydroxylation is 2. The molecule has 3 aromatic heterocycles. The minimum absolute atomic E-state index is 0. The molecule has 7 aromatic carbocycles. The van der Waals surface area contributed by atoms with Crippen LogP contribution in [0.15, 0.2) is 170 Å². The Bertz CT molecular complexity index is 3240. The van der Waals surface area contributed by atoms with E-state index in [2.05, 4.69) is 225 Å². The second-order valence-electron chi connectivity index (χ2n) is 17.0. The summed E-state index contributed by atoms with van der Waals surface area (Å²) in [4.78, 5) is 5.06. The first-order valence-electron chi connectivity index (χ1n) is 20.5. The number of imidazole rings is 1. The third-order valence-electron chi connectivity index (χ3n) is 12.5. The fraction of sp³-hybridized carbons (Fsp3) is 0.127. The van der Waals surface area contributed by atoms with Crippen LogP contribution in [0.4, 0.5) is 0 Å². The zero-order chi connectivity index (χ0) is 40.0. The van der Waals surface area contributed by atoms with Gasteiger partial charge in [-0.05, 0) is 115 Å². The van der Waals surface area contributed by atoms with E-state index in [0.29, 0.717) is 0 Å². The van der Waals surface area contributed by atoms with E-state index in [1.54, 1.807) is 0 Å². The van der Waals surface area contributed by atoms with Crippen LogP contribution in [0.3, 0.4) is 0 Å². The van der Waals surface area contributed by atoms with Crippen LogP contribution in [0.1, 0.15) is 54.2 Å². The van der Waals surface area contributed by atoms with Crippen molar-refractivity contribution in [2.75, 3.05) is 0 Å². The molecule has 0 aliphatic heterocycles. The fourth-order valence-electron chi connectivity index (χ4n) is 9.93. The van der Waals surface area contributed by atoms with Crippen molar-refractivity contribution in [1.29, 1.82) is 0 Å². The first kappa shape index (κ1) is 37.9. The number of nitrogens with zero attached hydrogens (tertiary/aromatic N) is 4. The number of hydrogen-bond donors (Lipinski definition) is 0. The molecule has 1 aliphatic carbocycles. The van der Waals surface area contributed by atoms with Crippen molar-refractivity contribution in [2.24, 2.45) is 0 Å². The van der Waals surface area contributed by atoms with Gasteiger partial charge in [0.25, 0.3) is 0 Å². The SMILES string of the molecule is Cc1cccc(C)c1-c1ccnc(-n2c3[c-]c(C4(c5[c-]c(-n6[cH+]n(C(C)(C)C)c7ccccc76)ccc5)c5ccccc5-c5ccccc54)ccc3c3ccccc32)c1.[Pt]. The number of para-hydroxylation sites is 3. The van der Waals surface area contributed by atoms with Gasteiger partial charge in [0.05, 0.1) is 5.54 Å². The molecule has 0 unspecified atom stereocenters. The number of pyridine rings is 1. The van der Waals surface area contributed by atoms with Gasteiger partial charge < -0.3 is 4.57 Å². The van der Waals surface area contributed by atoms with E-state index in [1.807, 2.05) is 6.20 Å². The maximum absolute atomic E-state index is 5.06. The maximum Gasteiger partial charge on any atom is 0.188 e. The van der Waals surface area contributed by atoms with Gasteiger partial charge in [0.15, 0.2) is 17.4 Å². The molecule has 3 heterocycles. The second-order valence-corrected chi connectivity index (χ2v) is 17.0. The van der Waals surface area contributed by atoms with Gasteiger partial charge in [0.1, 0.15) is 5.82 Å². The van der Waals surface area contributed by atoms with Crippen LogP contribution >= 0.6 is 0 Å². The molecule has 11 rings (SSSR count). The Morgan fingerprint density at radius 3 is 1.92 bits per heavy atom. The quantitative estimate of drug-likeness (QED) is 0.158. The van der Waals surface area contributed by atoms with Crippen molar-refractivity contribution >= 4 is 32.8 Å². The summed E-state index contributed by atoms with van der Waals surface area (Å²) in [5.74, 6) is 0.867. The molecule has 60 heavy (non-hydrogen) atoms. The van der Waals surface area contributed by atoms with E-state index in [0.717, 1.165) is 50.1 Å². The van der Waals surface area contributed by atoms with Crippen LogP contribution in [0, 0.1) is 26.0 Å². The Morgan fingerprint density at radius 2 is 1.20 bits per heavy atom. The fourth-order valence-corrected chi connectivity index (χ4v) is 9.93. The molecule has 0 atom stereocenters. The standard InChI is InChI=1S/C55H43N4.Pt/c1-36-16-14-17-37(2)53(36)38-30-31-56-52(32-38)59-48-25-11-8-22-44(48)45-29-28-40(34-51(45)59)55(46-23-9-6-20-42(46)43-21-7-10-24-47(43)55)39-18-15-19-41(33-39)57-35-58(54(3,4)5)50-27-13-12-26-49(50)57;/h6-32,35H,1-5H3;/q-1;. The van der Waals surface area contributed by atoms with Crippen molar-refractivity contribution in [3.8, 4) is 33.8 Å². The summed E-state index contributed by atoms with van der Waals surface area (Å²) < 4.78 is 6.97.